The molecule has 3 unspecified atom stereocenters. The zero-order valence-corrected chi connectivity index (χ0v) is 15.7. The second-order valence-electron chi connectivity index (χ2n) is 5.70. The number of nitrogens with one attached hydrogen (secondary N) is 2. The largest absolute Gasteiger partial charge is 0.480 e. The molecule has 12 nitrogen and oxygen atoms in total. The first-order chi connectivity index (χ1) is 12.6. The molecule has 0 heterocycles. The summed E-state index contributed by atoms with van der Waals surface area (Å²) in [6.07, 6.45) is 0.399. The minimum absolute atomic E-state index is 0.0118. The van der Waals surface area contributed by atoms with Crippen molar-refractivity contribution in [1.82, 2.24) is 10.6 Å². The van der Waals surface area contributed by atoms with Crippen molar-refractivity contribution in [2.24, 2.45) is 27.9 Å². The van der Waals surface area contributed by atoms with Crippen LogP contribution in [0.3, 0.4) is 0 Å². The predicted molar refractivity (Wildman–Crippen MR) is 102 cm³/mol. The van der Waals surface area contributed by atoms with E-state index in [9.17, 15) is 19.2 Å². The first-order valence-electron chi connectivity index (χ1n) is 8.12. The summed E-state index contributed by atoms with van der Waals surface area (Å²) >= 11 is 3.86. The molecule has 0 aromatic carbocycles. The number of carboxylic acid groups (broad SMARTS) is 1. The maximum Gasteiger partial charge on any atom is 0.327 e. The van der Waals surface area contributed by atoms with Gasteiger partial charge in [-0.25, -0.2) is 4.79 Å². The Balaban J connectivity index is 4.97. The fourth-order valence-corrected chi connectivity index (χ4v) is 2.19. The summed E-state index contributed by atoms with van der Waals surface area (Å²) in [5.74, 6) is -3.50. The molecule has 13 heteroatoms. The van der Waals surface area contributed by atoms with Crippen LogP contribution in [0.5, 0.6) is 0 Å². The van der Waals surface area contributed by atoms with Crippen LogP contribution in [0.1, 0.15) is 25.7 Å². The third kappa shape index (κ3) is 10.9. The van der Waals surface area contributed by atoms with Gasteiger partial charge in [-0.1, -0.05) is 0 Å². The number of primary amides is 1. The van der Waals surface area contributed by atoms with E-state index in [0.717, 1.165) is 0 Å². The number of thiol groups is 1. The number of carboxylic acids is 1. The minimum Gasteiger partial charge on any atom is -0.480 e. The molecule has 0 fully saturated rings. The molecular weight excluding hydrogens is 378 g/mol. The SMILES string of the molecule is NC(=O)CCC(N)C(=O)NC(CCCN=C(N)N)C(=O)NC(CS)C(=O)O. The van der Waals surface area contributed by atoms with Crippen LogP contribution in [-0.4, -0.2) is 65.2 Å². The van der Waals surface area contributed by atoms with Gasteiger partial charge in [0.25, 0.3) is 0 Å². The average Bonchev–Trinajstić information content (AvgIpc) is 2.58. The quantitative estimate of drug-likeness (QED) is 0.0665. The van der Waals surface area contributed by atoms with Crippen LogP contribution >= 0.6 is 12.6 Å². The van der Waals surface area contributed by atoms with Crippen LogP contribution in [0.15, 0.2) is 4.99 Å². The summed E-state index contributed by atoms with van der Waals surface area (Å²) in [6.45, 7) is 0.213. The molecule has 27 heavy (non-hydrogen) atoms. The van der Waals surface area contributed by atoms with Crippen LogP contribution < -0.4 is 33.6 Å². The van der Waals surface area contributed by atoms with Crippen LogP contribution in [0, 0.1) is 0 Å². The zero-order chi connectivity index (χ0) is 21.0. The predicted octanol–water partition coefficient (Wildman–Crippen LogP) is -3.38. The van der Waals surface area contributed by atoms with Crippen LogP contribution in [0.25, 0.3) is 0 Å². The van der Waals surface area contributed by atoms with Gasteiger partial charge in [0.15, 0.2) is 5.96 Å². The molecule has 0 aliphatic carbocycles. The molecule has 0 spiro atoms. The van der Waals surface area contributed by atoms with E-state index in [1.54, 1.807) is 0 Å². The normalized spacial score (nSPS) is 13.7. The van der Waals surface area contributed by atoms with E-state index in [1.165, 1.54) is 0 Å². The number of carbonyl (C=O) groups is 4. The summed E-state index contributed by atoms with van der Waals surface area (Å²) in [6, 6.07) is -3.33. The molecule has 3 amide bonds. The molecule has 0 saturated carbocycles. The Morgan fingerprint density at radius 3 is 2.07 bits per heavy atom. The maximum absolute atomic E-state index is 12.3. The van der Waals surface area contributed by atoms with Gasteiger partial charge in [0.1, 0.15) is 12.1 Å². The first kappa shape index (κ1) is 24.5. The molecule has 0 rings (SSSR count). The van der Waals surface area contributed by atoms with Gasteiger partial charge in [-0.2, -0.15) is 12.6 Å². The zero-order valence-electron chi connectivity index (χ0n) is 14.8. The van der Waals surface area contributed by atoms with Gasteiger partial charge >= 0.3 is 5.97 Å². The second kappa shape index (κ2) is 12.8. The van der Waals surface area contributed by atoms with Gasteiger partial charge in [-0.05, 0) is 19.3 Å². The van der Waals surface area contributed by atoms with E-state index in [2.05, 4.69) is 28.3 Å². The van der Waals surface area contributed by atoms with Gasteiger partial charge in [-0.3, -0.25) is 19.4 Å². The third-order valence-electron chi connectivity index (χ3n) is 3.41. The number of carbonyl (C=O) groups excluding carboxylic acids is 3. The van der Waals surface area contributed by atoms with Gasteiger partial charge in [0.05, 0.1) is 6.04 Å². The average molecular weight is 405 g/mol. The smallest absolute Gasteiger partial charge is 0.327 e. The van der Waals surface area contributed by atoms with Crippen molar-refractivity contribution >= 4 is 42.3 Å². The van der Waals surface area contributed by atoms with Crippen LogP contribution in [0.2, 0.25) is 0 Å². The molecule has 0 saturated heterocycles. The number of amides is 3. The highest BCUT2D eigenvalue weighted by molar-refractivity contribution is 7.80. The molecule has 11 N–H and O–H groups in total. The number of hydrogen-bond acceptors (Lipinski definition) is 7. The van der Waals surface area contributed by atoms with E-state index >= 15 is 0 Å². The van der Waals surface area contributed by atoms with Crippen molar-refractivity contribution in [3.05, 3.63) is 0 Å². The summed E-state index contributed by atoms with van der Waals surface area (Å²) < 4.78 is 0. The van der Waals surface area contributed by atoms with Crippen molar-refractivity contribution in [3.63, 3.8) is 0 Å². The fourth-order valence-electron chi connectivity index (χ4n) is 1.94. The minimum atomic E-state index is -1.26. The van der Waals surface area contributed by atoms with Crippen LogP contribution in [-0.2, 0) is 19.2 Å². The first-order valence-corrected chi connectivity index (χ1v) is 8.75. The van der Waals surface area contributed by atoms with E-state index in [4.69, 9.17) is 28.0 Å². The van der Waals surface area contributed by atoms with Crippen molar-refractivity contribution in [1.29, 1.82) is 0 Å². The van der Waals surface area contributed by atoms with Crippen molar-refractivity contribution in [3.8, 4) is 0 Å². The summed E-state index contributed by atoms with van der Waals surface area (Å²) in [5.41, 5.74) is 21.1. The highest BCUT2D eigenvalue weighted by Gasteiger charge is 2.27. The fraction of sp³-hybridized carbons (Fsp3) is 0.643. The number of aliphatic imine (C=N–C) groups is 1. The van der Waals surface area contributed by atoms with E-state index < -0.39 is 41.8 Å². The molecule has 3 atom stereocenters. The lowest BCUT2D eigenvalue weighted by Gasteiger charge is -2.22. The van der Waals surface area contributed by atoms with Gasteiger partial charge in [0, 0.05) is 18.7 Å². The highest BCUT2D eigenvalue weighted by atomic mass is 32.1. The van der Waals surface area contributed by atoms with E-state index in [-0.39, 0.29) is 37.5 Å². The molecule has 0 aromatic heterocycles. The molecule has 154 valence electrons. The monoisotopic (exact) mass is 405 g/mol. The lowest BCUT2D eigenvalue weighted by Crippen LogP contribution is -2.54. The van der Waals surface area contributed by atoms with Crippen LogP contribution in [0.4, 0.5) is 0 Å². The number of rotatable bonds is 13. The number of hydrogen-bond donors (Lipinski definition) is 8. The van der Waals surface area contributed by atoms with Crippen molar-refractivity contribution < 1.29 is 24.3 Å². The Bertz CT molecular complexity index is 568. The van der Waals surface area contributed by atoms with E-state index in [1.807, 2.05) is 0 Å². The third-order valence-corrected chi connectivity index (χ3v) is 3.78. The van der Waals surface area contributed by atoms with Gasteiger partial charge in [-0.15, -0.1) is 0 Å². The summed E-state index contributed by atoms with van der Waals surface area (Å²) in [5, 5.41) is 13.7. The Kier molecular flexibility index (Phi) is 11.6. The molecule has 0 aromatic rings. The van der Waals surface area contributed by atoms with Gasteiger partial charge < -0.3 is 38.7 Å². The molecule has 0 radical (unpaired) electrons. The number of nitrogens with zero attached hydrogens (tertiary/aromatic N) is 1. The van der Waals surface area contributed by atoms with Gasteiger partial charge in [0.2, 0.25) is 17.7 Å². The summed E-state index contributed by atoms with van der Waals surface area (Å²) in [7, 11) is 0. The number of guanidine groups is 1. The Labute approximate surface area is 161 Å². The summed E-state index contributed by atoms with van der Waals surface area (Å²) in [4.78, 5) is 50.1. The second-order valence-corrected chi connectivity index (χ2v) is 6.07. The van der Waals surface area contributed by atoms with Crippen molar-refractivity contribution in [2.45, 2.75) is 43.8 Å². The topological polar surface area (TPSA) is 229 Å². The molecule has 0 aliphatic rings. The number of aliphatic carboxylic acids is 1. The Morgan fingerprint density at radius 1 is 1.00 bits per heavy atom. The lowest BCUT2D eigenvalue weighted by molar-refractivity contribution is -0.141. The molecule has 0 aliphatic heterocycles. The standard InChI is InChI=1S/C14H27N7O5S/c15-7(3-4-10(16)22)11(23)20-8(2-1-5-19-14(17)18)12(24)21-9(6-27)13(25)26/h7-9,27H,1-6,15H2,(H2,16,22)(H,20,23)(H,21,24)(H,25,26)(H4,17,18,19). The molecular formula is C14H27N7O5S. The Morgan fingerprint density at radius 2 is 1.59 bits per heavy atom. The van der Waals surface area contributed by atoms with Crippen molar-refractivity contribution in [2.75, 3.05) is 12.3 Å². The molecule has 0 bridgehead atoms. The van der Waals surface area contributed by atoms with E-state index in [0.29, 0.717) is 6.42 Å². The highest BCUT2D eigenvalue weighted by Crippen LogP contribution is 2.03. The lowest BCUT2D eigenvalue weighted by atomic mass is 10.1. The number of nitrogens with two attached hydrogens (primary N) is 4. The Hall–Kier alpha value is -2.54. The maximum atomic E-state index is 12.3.